The predicted octanol–water partition coefficient (Wildman–Crippen LogP) is 5.30. The van der Waals surface area contributed by atoms with Crippen molar-refractivity contribution >= 4 is 51.2 Å². The lowest BCUT2D eigenvalue weighted by Gasteiger charge is -2.17. The second kappa shape index (κ2) is 11.3. The molecule has 0 unspecified atom stereocenters. The molecule has 3 aromatic rings. The van der Waals surface area contributed by atoms with Gasteiger partial charge in [-0.2, -0.15) is 10.1 Å². The van der Waals surface area contributed by atoms with Gasteiger partial charge in [0.05, 0.1) is 28.5 Å². The third kappa shape index (κ3) is 6.17. The number of rotatable bonds is 7. The maximum absolute atomic E-state index is 14.1. The number of benzene rings is 3. The summed E-state index contributed by atoms with van der Waals surface area (Å²) >= 11 is 9.50. The Balaban J connectivity index is 1.91. The molecule has 0 atom stereocenters. The van der Waals surface area contributed by atoms with Crippen LogP contribution < -0.4 is 20.2 Å². The first-order valence-corrected chi connectivity index (χ1v) is 11.5. The molecular weight excluding hydrogens is 541 g/mol. The third-order valence-electron chi connectivity index (χ3n) is 5.13. The molecule has 0 fully saturated rings. The fourth-order valence-corrected chi connectivity index (χ4v) is 3.88. The minimum Gasteiger partial charge on any atom is -0.493 e. The molecule has 0 spiro atoms. The number of ether oxygens (including phenoxy) is 2. The second-order valence-electron chi connectivity index (χ2n) is 7.52. The number of methoxy groups -OCH3 is 1. The van der Waals surface area contributed by atoms with Gasteiger partial charge in [-0.1, -0.05) is 23.7 Å². The molecule has 7 nitrogen and oxygen atoms in total. The van der Waals surface area contributed by atoms with Crippen LogP contribution in [-0.2, 0) is 16.2 Å². The summed E-state index contributed by atoms with van der Waals surface area (Å²) in [5, 5.41) is 5.37. The molecule has 0 aromatic heterocycles. The Bertz CT molecular complexity index is 1300. The number of hydrogen-bond donors (Lipinski definition) is 1. The van der Waals surface area contributed by atoms with Crippen LogP contribution in [0, 0.1) is 19.7 Å². The SMILES string of the molecule is COc1cc(/C=N/N(C(=O)C(N)=O)c2ccc(C)c(C)c2)cc(Br)c1OCc1c(F)cccc1Cl. The van der Waals surface area contributed by atoms with E-state index in [4.69, 9.17) is 26.8 Å². The van der Waals surface area contributed by atoms with Gasteiger partial charge in [0.25, 0.3) is 0 Å². The number of hydrazone groups is 1. The van der Waals surface area contributed by atoms with Gasteiger partial charge in [-0.05, 0) is 82.9 Å². The first-order chi connectivity index (χ1) is 16.6. The van der Waals surface area contributed by atoms with E-state index in [9.17, 15) is 14.0 Å². The summed E-state index contributed by atoms with van der Waals surface area (Å²) in [7, 11) is 1.45. The summed E-state index contributed by atoms with van der Waals surface area (Å²) in [6, 6.07) is 12.9. The van der Waals surface area contributed by atoms with E-state index in [2.05, 4.69) is 21.0 Å². The molecule has 2 N–H and O–H groups in total. The van der Waals surface area contributed by atoms with Crippen molar-refractivity contribution < 1.29 is 23.5 Å². The van der Waals surface area contributed by atoms with Crippen LogP contribution in [0.1, 0.15) is 22.3 Å². The van der Waals surface area contributed by atoms with Crippen LogP contribution in [0.15, 0.2) is 58.1 Å². The number of aryl methyl sites for hydroxylation is 2. The Kier molecular flexibility index (Phi) is 8.48. The minimum absolute atomic E-state index is 0.123. The van der Waals surface area contributed by atoms with Crippen molar-refractivity contribution in [1.82, 2.24) is 0 Å². The van der Waals surface area contributed by atoms with Crippen molar-refractivity contribution in [2.24, 2.45) is 10.8 Å². The van der Waals surface area contributed by atoms with Gasteiger partial charge >= 0.3 is 11.8 Å². The Labute approximate surface area is 215 Å². The number of carbonyl (C=O) groups excluding carboxylic acids is 2. The molecule has 10 heteroatoms. The van der Waals surface area contributed by atoms with Crippen LogP contribution in [-0.4, -0.2) is 25.1 Å². The summed E-state index contributed by atoms with van der Waals surface area (Å²) in [4.78, 5) is 24.0. The topological polar surface area (TPSA) is 94.2 Å². The molecule has 0 aliphatic rings. The zero-order chi connectivity index (χ0) is 25.7. The molecule has 182 valence electrons. The maximum atomic E-state index is 14.1. The van der Waals surface area contributed by atoms with Gasteiger partial charge in [-0.3, -0.25) is 9.59 Å². The maximum Gasteiger partial charge on any atom is 0.336 e. The normalized spacial score (nSPS) is 10.9. The monoisotopic (exact) mass is 561 g/mol. The number of nitrogens with two attached hydrogens (primary N) is 1. The number of carbonyl (C=O) groups is 2. The lowest BCUT2D eigenvalue weighted by molar-refractivity contribution is -0.135. The standard InChI is InChI=1S/C25H22BrClFN3O4/c1-14-7-8-17(9-15(14)2)31(25(33)24(29)32)30-12-16-10-19(26)23(22(11-16)34-3)35-13-18-20(27)5-4-6-21(18)28/h4-12H,13H2,1-3H3,(H2,29,32)/b30-12+. The van der Waals surface area contributed by atoms with Crippen LogP contribution in [0.5, 0.6) is 11.5 Å². The molecule has 3 aromatic carbocycles. The van der Waals surface area contributed by atoms with E-state index in [0.29, 0.717) is 27.2 Å². The molecule has 0 radical (unpaired) electrons. The van der Waals surface area contributed by atoms with Gasteiger partial charge < -0.3 is 15.2 Å². The largest absolute Gasteiger partial charge is 0.493 e. The zero-order valence-corrected chi connectivity index (χ0v) is 21.5. The van der Waals surface area contributed by atoms with Crippen LogP contribution in [0.25, 0.3) is 0 Å². The summed E-state index contributed by atoms with van der Waals surface area (Å²) in [5.41, 5.74) is 8.28. The Morgan fingerprint density at radius 3 is 2.54 bits per heavy atom. The van der Waals surface area contributed by atoms with Crippen molar-refractivity contribution in [2.45, 2.75) is 20.5 Å². The highest BCUT2D eigenvalue weighted by atomic mass is 79.9. The second-order valence-corrected chi connectivity index (χ2v) is 8.78. The quantitative estimate of drug-likeness (QED) is 0.240. The zero-order valence-electron chi connectivity index (χ0n) is 19.1. The van der Waals surface area contributed by atoms with Gasteiger partial charge in [0.2, 0.25) is 0 Å². The average Bonchev–Trinajstić information content (AvgIpc) is 2.81. The molecule has 35 heavy (non-hydrogen) atoms. The van der Waals surface area contributed by atoms with E-state index in [1.165, 1.54) is 25.5 Å². The van der Waals surface area contributed by atoms with Gasteiger partial charge in [0.15, 0.2) is 11.5 Å². The first-order valence-electron chi connectivity index (χ1n) is 10.3. The Morgan fingerprint density at radius 2 is 1.91 bits per heavy atom. The molecule has 0 heterocycles. The number of amides is 2. The lowest BCUT2D eigenvalue weighted by Crippen LogP contribution is -2.37. The smallest absolute Gasteiger partial charge is 0.336 e. The third-order valence-corrected chi connectivity index (χ3v) is 6.08. The Morgan fingerprint density at radius 1 is 1.17 bits per heavy atom. The van der Waals surface area contributed by atoms with E-state index < -0.39 is 17.6 Å². The fourth-order valence-electron chi connectivity index (χ4n) is 3.09. The van der Waals surface area contributed by atoms with Gasteiger partial charge in [-0.15, -0.1) is 0 Å². The van der Waals surface area contributed by atoms with E-state index in [-0.39, 0.29) is 17.2 Å². The molecule has 0 saturated carbocycles. The van der Waals surface area contributed by atoms with Crippen LogP contribution in [0.4, 0.5) is 10.1 Å². The summed E-state index contributed by atoms with van der Waals surface area (Å²) in [6.07, 6.45) is 1.38. The lowest BCUT2D eigenvalue weighted by atomic mass is 10.1. The van der Waals surface area contributed by atoms with E-state index in [0.717, 1.165) is 16.1 Å². The number of hydrogen-bond acceptors (Lipinski definition) is 5. The molecule has 2 amide bonds. The van der Waals surface area contributed by atoms with Crippen LogP contribution >= 0.6 is 27.5 Å². The van der Waals surface area contributed by atoms with Crippen molar-refractivity contribution in [1.29, 1.82) is 0 Å². The average molecular weight is 563 g/mol. The highest BCUT2D eigenvalue weighted by Crippen LogP contribution is 2.37. The first kappa shape index (κ1) is 26.2. The summed E-state index contributed by atoms with van der Waals surface area (Å²) in [6.45, 7) is 3.68. The van der Waals surface area contributed by atoms with E-state index in [1.807, 2.05) is 19.9 Å². The van der Waals surface area contributed by atoms with E-state index >= 15 is 0 Å². The highest BCUT2D eigenvalue weighted by Gasteiger charge is 2.21. The van der Waals surface area contributed by atoms with Crippen molar-refractivity contribution in [3.63, 3.8) is 0 Å². The molecule has 0 saturated heterocycles. The van der Waals surface area contributed by atoms with Crippen molar-refractivity contribution in [2.75, 3.05) is 12.1 Å². The van der Waals surface area contributed by atoms with Crippen molar-refractivity contribution in [3.05, 3.63) is 86.1 Å². The predicted molar refractivity (Wildman–Crippen MR) is 137 cm³/mol. The minimum atomic E-state index is -1.14. The molecule has 0 aliphatic carbocycles. The molecule has 3 rings (SSSR count). The van der Waals surface area contributed by atoms with Gasteiger partial charge in [0.1, 0.15) is 12.4 Å². The van der Waals surface area contributed by atoms with Crippen molar-refractivity contribution in [3.8, 4) is 11.5 Å². The number of halogens is 3. The van der Waals surface area contributed by atoms with Crippen LogP contribution in [0.3, 0.4) is 0 Å². The fraction of sp³-hybridized carbons (Fsp3) is 0.160. The molecule has 0 aliphatic heterocycles. The Hall–Kier alpha value is -3.43. The summed E-state index contributed by atoms with van der Waals surface area (Å²) < 4.78 is 25.8. The van der Waals surface area contributed by atoms with E-state index in [1.54, 1.807) is 30.3 Å². The number of nitrogens with zero attached hydrogens (tertiary/aromatic N) is 2. The van der Waals surface area contributed by atoms with Crippen LogP contribution in [0.2, 0.25) is 5.02 Å². The van der Waals surface area contributed by atoms with Gasteiger partial charge in [-0.25, -0.2) is 4.39 Å². The number of anilines is 1. The summed E-state index contributed by atoms with van der Waals surface area (Å²) in [5.74, 6) is -1.97. The van der Waals surface area contributed by atoms with Gasteiger partial charge in [0, 0.05) is 5.56 Å². The highest BCUT2D eigenvalue weighted by molar-refractivity contribution is 9.10. The number of primary amides is 1. The molecule has 0 bridgehead atoms. The molecular formula is C25H22BrClFN3O4.